The van der Waals surface area contributed by atoms with Crippen molar-refractivity contribution < 1.29 is 28.9 Å². The maximum atomic E-state index is 15.1. The number of thiazole rings is 1. The highest BCUT2D eigenvalue weighted by Crippen LogP contribution is 2.38. The van der Waals surface area contributed by atoms with Crippen molar-refractivity contribution in [1.29, 1.82) is 0 Å². The van der Waals surface area contributed by atoms with Gasteiger partial charge in [0, 0.05) is 22.7 Å². The van der Waals surface area contributed by atoms with Crippen molar-refractivity contribution in [2.45, 2.75) is 32.6 Å². The minimum absolute atomic E-state index is 0.0402. The van der Waals surface area contributed by atoms with Gasteiger partial charge in [-0.1, -0.05) is 11.6 Å². The number of benzene rings is 2. The summed E-state index contributed by atoms with van der Waals surface area (Å²) >= 11 is 7.64. The number of halogens is 2. The summed E-state index contributed by atoms with van der Waals surface area (Å²) in [6.45, 7) is 3.04. The van der Waals surface area contributed by atoms with Gasteiger partial charge in [0.2, 0.25) is 5.88 Å². The van der Waals surface area contributed by atoms with Crippen LogP contribution in [0, 0.1) is 5.82 Å². The van der Waals surface area contributed by atoms with Crippen molar-refractivity contribution in [2.75, 3.05) is 12.0 Å². The fourth-order valence-electron chi connectivity index (χ4n) is 4.15. The summed E-state index contributed by atoms with van der Waals surface area (Å²) in [5.74, 6) is -0.335. The van der Waals surface area contributed by atoms with Crippen molar-refractivity contribution >= 4 is 56.0 Å². The van der Waals surface area contributed by atoms with Crippen molar-refractivity contribution in [1.82, 2.24) is 19.9 Å². The molecule has 3 heterocycles. The zero-order chi connectivity index (χ0) is 28.6. The first-order chi connectivity index (χ1) is 19.2. The van der Waals surface area contributed by atoms with E-state index in [2.05, 4.69) is 19.9 Å². The maximum Gasteiger partial charge on any atom is 0.412 e. The lowest BCUT2D eigenvalue weighted by atomic mass is 10.1. The minimum atomic E-state index is -1.22. The van der Waals surface area contributed by atoms with Gasteiger partial charge in [-0.05, 0) is 38.1 Å². The number of aliphatic hydroxyl groups is 1. The van der Waals surface area contributed by atoms with Gasteiger partial charge in [-0.25, -0.2) is 24.1 Å². The molecule has 0 saturated heterocycles. The van der Waals surface area contributed by atoms with Crippen molar-refractivity contribution in [3.8, 4) is 22.2 Å². The molecule has 0 radical (unpaired) electrons. The smallest absolute Gasteiger partial charge is 0.412 e. The number of aromatic nitrogens is 4. The van der Waals surface area contributed by atoms with E-state index in [9.17, 15) is 15.0 Å². The van der Waals surface area contributed by atoms with Crippen LogP contribution in [0.1, 0.15) is 19.5 Å². The number of amides is 1. The molecule has 0 bridgehead atoms. The molecule has 0 aliphatic heterocycles. The molecule has 0 aliphatic carbocycles. The summed E-state index contributed by atoms with van der Waals surface area (Å²) in [5, 5.41) is 20.1. The molecule has 3 aromatic heterocycles. The molecule has 0 fully saturated rings. The Hall–Kier alpha value is -4.13. The standard InChI is InChI=1S/C27H23ClFN5O5S/c1-13(34(27(36)37)17-5-4-16(12-35)30-10-17)14(2)39-22-9-23-20(8-19(22)29)33-26(40-23)18-6-15(28)7-21-25(18)31-11-24(32-21)38-3/h4-11,13-14,35H,12H2,1-3H3,(H,36,37). The molecule has 2 unspecified atom stereocenters. The van der Waals surface area contributed by atoms with E-state index in [0.29, 0.717) is 54.1 Å². The van der Waals surface area contributed by atoms with Gasteiger partial charge < -0.3 is 19.7 Å². The van der Waals surface area contributed by atoms with Gasteiger partial charge in [0.15, 0.2) is 11.6 Å². The average Bonchev–Trinajstić information content (AvgIpc) is 3.35. The molecular formula is C27H23ClFN5O5S. The summed E-state index contributed by atoms with van der Waals surface area (Å²) in [5.41, 5.74) is 2.86. The molecule has 40 heavy (non-hydrogen) atoms. The molecule has 0 spiro atoms. The summed E-state index contributed by atoms with van der Waals surface area (Å²) in [4.78, 5) is 30.6. The first-order valence-electron chi connectivity index (χ1n) is 12.0. The van der Waals surface area contributed by atoms with E-state index in [4.69, 9.17) is 21.1 Å². The van der Waals surface area contributed by atoms with Crippen molar-refractivity contribution in [2.24, 2.45) is 0 Å². The van der Waals surface area contributed by atoms with Crippen LogP contribution in [0.3, 0.4) is 0 Å². The predicted octanol–water partition coefficient (Wildman–Crippen LogP) is 5.94. The van der Waals surface area contributed by atoms with Crippen LogP contribution in [0.15, 0.2) is 48.8 Å². The third kappa shape index (κ3) is 5.33. The summed E-state index contributed by atoms with van der Waals surface area (Å²) in [6.07, 6.45) is 0.890. The molecular weight excluding hydrogens is 561 g/mol. The number of anilines is 1. The highest BCUT2D eigenvalue weighted by molar-refractivity contribution is 7.21. The number of hydrogen-bond donors (Lipinski definition) is 2. The summed E-state index contributed by atoms with van der Waals surface area (Å²) in [7, 11) is 1.50. The lowest BCUT2D eigenvalue weighted by Crippen LogP contribution is -2.46. The Morgan fingerprint density at radius 1 is 1.12 bits per heavy atom. The number of carboxylic acid groups (broad SMARTS) is 1. The SMILES string of the molecule is COc1cnc2c(-c3nc4cc(F)c(OC(C)C(C)N(C(=O)O)c5ccc(CO)nc5)cc4s3)cc(Cl)cc2n1. The van der Waals surface area contributed by atoms with E-state index in [0.717, 1.165) is 4.90 Å². The van der Waals surface area contributed by atoms with Crippen molar-refractivity contribution in [3.63, 3.8) is 0 Å². The Kier molecular flexibility index (Phi) is 7.66. The van der Waals surface area contributed by atoms with E-state index in [1.165, 1.54) is 43.0 Å². The van der Waals surface area contributed by atoms with Crippen LogP contribution in [0.5, 0.6) is 11.6 Å². The Balaban J connectivity index is 1.45. The molecule has 0 aliphatic rings. The monoisotopic (exact) mass is 583 g/mol. The van der Waals surface area contributed by atoms with E-state index in [1.54, 1.807) is 38.1 Å². The number of ether oxygens (including phenoxy) is 2. The fraction of sp³-hybridized carbons (Fsp3) is 0.222. The zero-order valence-electron chi connectivity index (χ0n) is 21.5. The Bertz CT molecular complexity index is 1720. The number of rotatable bonds is 8. The molecule has 5 aromatic rings. The number of aliphatic hydroxyl groups excluding tert-OH is 1. The minimum Gasteiger partial charge on any atom is -0.485 e. The van der Waals surface area contributed by atoms with Gasteiger partial charge in [-0.2, -0.15) is 0 Å². The van der Waals surface area contributed by atoms with E-state index < -0.39 is 24.1 Å². The Labute approximate surface area is 236 Å². The molecule has 1 amide bonds. The largest absolute Gasteiger partial charge is 0.485 e. The second-order valence-corrected chi connectivity index (χ2v) is 10.4. The first kappa shape index (κ1) is 27.4. The number of pyridine rings is 1. The second kappa shape index (κ2) is 11.2. The summed E-state index contributed by atoms with van der Waals surface area (Å²) < 4.78 is 26.9. The number of hydrogen-bond acceptors (Lipinski definition) is 9. The molecule has 0 saturated carbocycles. The number of methoxy groups -OCH3 is 1. The lowest BCUT2D eigenvalue weighted by molar-refractivity contribution is 0.167. The van der Waals surface area contributed by atoms with Crippen LogP contribution >= 0.6 is 22.9 Å². The lowest BCUT2D eigenvalue weighted by Gasteiger charge is -2.31. The number of fused-ring (bicyclic) bond motifs is 2. The zero-order valence-corrected chi connectivity index (χ0v) is 23.1. The maximum absolute atomic E-state index is 15.1. The molecule has 10 nitrogen and oxygen atoms in total. The normalized spacial score (nSPS) is 12.8. The van der Waals surface area contributed by atoms with E-state index in [-0.39, 0.29) is 12.4 Å². The first-order valence-corrected chi connectivity index (χ1v) is 13.2. The van der Waals surface area contributed by atoms with Crippen LogP contribution in [0.25, 0.3) is 31.8 Å². The van der Waals surface area contributed by atoms with E-state index >= 15 is 4.39 Å². The highest BCUT2D eigenvalue weighted by atomic mass is 35.5. The van der Waals surface area contributed by atoms with Gasteiger partial charge in [0.1, 0.15) is 11.1 Å². The molecule has 2 atom stereocenters. The average molecular weight is 584 g/mol. The van der Waals surface area contributed by atoms with Crippen LogP contribution < -0.4 is 14.4 Å². The van der Waals surface area contributed by atoms with Crippen molar-refractivity contribution in [3.05, 3.63) is 65.3 Å². The van der Waals surface area contributed by atoms with Crippen LogP contribution in [0.4, 0.5) is 14.9 Å². The Morgan fingerprint density at radius 3 is 2.60 bits per heavy atom. The Morgan fingerprint density at radius 2 is 1.93 bits per heavy atom. The van der Waals surface area contributed by atoms with Gasteiger partial charge in [-0.15, -0.1) is 11.3 Å². The predicted molar refractivity (Wildman–Crippen MR) is 150 cm³/mol. The van der Waals surface area contributed by atoms with Gasteiger partial charge in [0.25, 0.3) is 0 Å². The molecule has 2 N–H and O–H groups in total. The molecule has 206 valence electrons. The number of carbonyl (C=O) groups is 1. The van der Waals surface area contributed by atoms with E-state index in [1.807, 2.05) is 0 Å². The van der Waals surface area contributed by atoms with Gasteiger partial charge in [-0.3, -0.25) is 9.88 Å². The molecule has 13 heteroatoms. The third-order valence-electron chi connectivity index (χ3n) is 6.33. The van der Waals surface area contributed by atoms with Crippen LogP contribution in [-0.4, -0.2) is 55.5 Å². The van der Waals surface area contributed by atoms with Crippen LogP contribution in [-0.2, 0) is 6.61 Å². The van der Waals surface area contributed by atoms with Gasteiger partial charge >= 0.3 is 6.09 Å². The quantitative estimate of drug-likeness (QED) is 0.228. The highest BCUT2D eigenvalue weighted by Gasteiger charge is 2.28. The molecule has 5 rings (SSSR count). The topological polar surface area (TPSA) is 131 Å². The fourth-order valence-corrected chi connectivity index (χ4v) is 5.36. The molecule has 2 aromatic carbocycles. The third-order valence-corrected chi connectivity index (χ3v) is 7.60. The second-order valence-electron chi connectivity index (χ2n) is 8.88. The number of nitrogens with zero attached hydrogens (tertiary/aromatic N) is 5. The summed E-state index contributed by atoms with van der Waals surface area (Å²) in [6, 6.07) is 8.58. The van der Waals surface area contributed by atoms with Crippen LogP contribution in [0.2, 0.25) is 5.02 Å². The van der Waals surface area contributed by atoms with Gasteiger partial charge in [0.05, 0.1) is 64.8 Å².